The molecule has 2 saturated heterocycles. The van der Waals surface area contributed by atoms with E-state index in [0.717, 1.165) is 23.8 Å². The first-order chi connectivity index (χ1) is 15.6. The first-order valence-electron chi connectivity index (χ1n) is 12.1. The predicted octanol–water partition coefficient (Wildman–Crippen LogP) is 3.40. The van der Waals surface area contributed by atoms with Crippen LogP contribution in [-0.4, -0.2) is 53.7 Å². The molecule has 2 heterocycles. The lowest BCUT2D eigenvalue weighted by Gasteiger charge is -2.61. The summed E-state index contributed by atoms with van der Waals surface area (Å²) < 4.78 is 24.4. The van der Waals surface area contributed by atoms with E-state index in [1.165, 1.54) is 0 Å². The van der Waals surface area contributed by atoms with Crippen molar-refractivity contribution in [2.45, 2.75) is 64.4 Å². The van der Waals surface area contributed by atoms with Crippen molar-refractivity contribution < 1.29 is 34.0 Å². The van der Waals surface area contributed by atoms with Crippen molar-refractivity contribution in [3.05, 3.63) is 35.1 Å². The molecule has 2 saturated carbocycles. The molecule has 4 aliphatic carbocycles. The fourth-order valence-corrected chi connectivity index (χ4v) is 9.19. The maximum Gasteiger partial charge on any atom is 0.227 e. The average Bonchev–Trinajstić information content (AvgIpc) is 3.44. The third kappa shape index (κ3) is 2.40. The van der Waals surface area contributed by atoms with Gasteiger partial charge in [-0.05, 0) is 55.6 Å². The molecule has 33 heavy (non-hydrogen) atoms. The molecule has 4 fully saturated rings. The Labute approximate surface area is 194 Å². The minimum Gasteiger partial charge on any atom is -0.515 e. The summed E-state index contributed by atoms with van der Waals surface area (Å²) in [5.41, 5.74) is 0.981. The van der Waals surface area contributed by atoms with E-state index in [2.05, 4.69) is 33.8 Å². The van der Waals surface area contributed by atoms with Crippen LogP contribution in [0.5, 0.6) is 0 Å². The van der Waals surface area contributed by atoms with Gasteiger partial charge in [-0.1, -0.05) is 32.4 Å². The van der Waals surface area contributed by atoms with Crippen LogP contribution in [0.4, 0.5) is 0 Å². The van der Waals surface area contributed by atoms with Crippen molar-refractivity contribution in [3.63, 3.8) is 0 Å². The number of fused-ring (bicyclic) bond motifs is 7. The number of ketones is 1. The average molecular weight is 459 g/mol. The summed E-state index contributed by atoms with van der Waals surface area (Å²) in [4.78, 5) is 12.5. The van der Waals surface area contributed by atoms with Gasteiger partial charge in [0.15, 0.2) is 19.4 Å². The molecular formula is C26H34O7. The molecule has 2 spiro atoms. The van der Waals surface area contributed by atoms with E-state index < -0.39 is 22.9 Å². The van der Waals surface area contributed by atoms with Crippen LogP contribution in [0.1, 0.15) is 47.0 Å². The van der Waals surface area contributed by atoms with E-state index in [1.807, 2.05) is 0 Å². The second kappa shape index (κ2) is 6.79. The van der Waals surface area contributed by atoms with Gasteiger partial charge in [-0.15, -0.1) is 0 Å². The molecule has 0 radical (unpaired) electrons. The molecule has 2 aliphatic heterocycles. The number of hydrogen-bond donors (Lipinski definition) is 2. The lowest BCUT2D eigenvalue weighted by molar-refractivity contribution is -0.264. The van der Waals surface area contributed by atoms with Crippen molar-refractivity contribution in [2.75, 3.05) is 20.2 Å². The van der Waals surface area contributed by atoms with Crippen molar-refractivity contribution >= 4 is 5.78 Å². The molecule has 0 amide bonds. The van der Waals surface area contributed by atoms with Crippen LogP contribution in [-0.2, 0) is 23.7 Å². The quantitative estimate of drug-likeness (QED) is 0.424. The SMILES string of the molecule is CC1=CC2C(C(O)CC3(C)C2CC(C)C32OCOC23COCO3)C2(C)CC(=CO)C(=O)C=C12. The first-order valence-corrected chi connectivity index (χ1v) is 12.1. The van der Waals surface area contributed by atoms with Gasteiger partial charge in [0.05, 0.1) is 12.4 Å². The normalized spacial score (nSPS) is 54.4. The van der Waals surface area contributed by atoms with Crippen LogP contribution in [0.3, 0.4) is 0 Å². The molecule has 2 N–H and O–H groups in total. The van der Waals surface area contributed by atoms with Crippen LogP contribution in [0.15, 0.2) is 35.1 Å². The van der Waals surface area contributed by atoms with Crippen molar-refractivity contribution in [1.29, 1.82) is 0 Å². The smallest absolute Gasteiger partial charge is 0.227 e. The van der Waals surface area contributed by atoms with Gasteiger partial charge in [-0.3, -0.25) is 4.79 Å². The van der Waals surface area contributed by atoms with Gasteiger partial charge in [-0.2, -0.15) is 0 Å². The minimum absolute atomic E-state index is 0.0602. The summed E-state index contributed by atoms with van der Waals surface area (Å²) >= 11 is 0. The van der Waals surface area contributed by atoms with Gasteiger partial charge in [0.1, 0.15) is 12.2 Å². The molecule has 6 rings (SSSR count). The highest BCUT2D eigenvalue weighted by Crippen LogP contribution is 2.72. The molecule has 0 bridgehead atoms. The van der Waals surface area contributed by atoms with E-state index in [4.69, 9.17) is 18.9 Å². The molecule has 0 aromatic rings. The fourth-order valence-electron chi connectivity index (χ4n) is 9.19. The Bertz CT molecular complexity index is 985. The predicted molar refractivity (Wildman–Crippen MR) is 118 cm³/mol. The number of ether oxygens (including phenoxy) is 4. The number of carbonyl (C=O) groups excluding carboxylic acids is 1. The van der Waals surface area contributed by atoms with Gasteiger partial charge >= 0.3 is 0 Å². The Kier molecular flexibility index (Phi) is 4.52. The third-order valence-electron chi connectivity index (χ3n) is 10.2. The Hall–Kier alpha value is -1.51. The van der Waals surface area contributed by atoms with Crippen LogP contribution < -0.4 is 0 Å². The zero-order chi connectivity index (χ0) is 23.4. The summed E-state index contributed by atoms with van der Waals surface area (Å²) in [6, 6.07) is 0. The Morgan fingerprint density at radius 3 is 2.64 bits per heavy atom. The van der Waals surface area contributed by atoms with E-state index in [0.29, 0.717) is 25.0 Å². The van der Waals surface area contributed by atoms with E-state index in [9.17, 15) is 15.0 Å². The summed E-state index contributed by atoms with van der Waals surface area (Å²) in [6.45, 7) is 9.33. The number of carbonyl (C=O) groups is 1. The van der Waals surface area contributed by atoms with Gasteiger partial charge < -0.3 is 29.2 Å². The van der Waals surface area contributed by atoms with Crippen molar-refractivity contribution in [3.8, 4) is 0 Å². The van der Waals surface area contributed by atoms with E-state index in [-0.39, 0.29) is 48.5 Å². The molecule has 0 aromatic heterocycles. The van der Waals surface area contributed by atoms with Crippen LogP contribution >= 0.6 is 0 Å². The first kappa shape index (κ1) is 22.0. The zero-order valence-electron chi connectivity index (χ0n) is 19.8. The molecule has 7 heteroatoms. The van der Waals surface area contributed by atoms with Crippen LogP contribution in [0, 0.1) is 34.5 Å². The fraction of sp³-hybridized carbons (Fsp3) is 0.731. The molecule has 7 nitrogen and oxygen atoms in total. The molecular weight excluding hydrogens is 424 g/mol. The van der Waals surface area contributed by atoms with E-state index >= 15 is 0 Å². The van der Waals surface area contributed by atoms with Crippen molar-refractivity contribution in [1.82, 2.24) is 0 Å². The van der Waals surface area contributed by atoms with Crippen molar-refractivity contribution in [2.24, 2.45) is 34.5 Å². The van der Waals surface area contributed by atoms with E-state index in [1.54, 1.807) is 6.08 Å². The monoisotopic (exact) mass is 458 g/mol. The number of hydrogen-bond acceptors (Lipinski definition) is 7. The Morgan fingerprint density at radius 2 is 1.94 bits per heavy atom. The summed E-state index contributed by atoms with van der Waals surface area (Å²) in [6.07, 6.45) is 6.21. The molecule has 0 aromatic carbocycles. The number of rotatable bonds is 0. The third-order valence-corrected chi connectivity index (χ3v) is 10.2. The van der Waals surface area contributed by atoms with Gasteiger partial charge in [0.25, 0.3) is 0 Å². The lowest BCUT2D eigenvalue weighted by atomic mass is 9.45. The number of allylic oxidation sites excluding steroid dienone is 5. The van der Waals surface area contributed by atoms with Gasteiger partial charge in [0, 0.05) is 22.3 Å². The second-order valence-electron chi connectivity index (χ2n) is 11.6. The highest BCUT2D eigenvalue weighted by Gasteiger charge is 2.79. The minimum atomic E-state index is -0.949. The standard InChI is InChI=1S/C26H34O7/c1-14-5-17-19-6-15(2)26(25(32-13-33-26)11-30-12-31-25)24(19,4)9-21(29)22(17)23(3)8-16(10-27)20(28)7-18(14)23/h5,7,10,15,17,19,21-22,27,29H,6,8-9,11-13H2,1-4H3. The molecule has 9 atom stereocenters. The highest BCUT2D eigenvalue weighted by atomic mass is 16.9. The molecule has 180 valence electrons. The number of aliphatic hydroxyl groups excluding tert-OH is 2. The topological polar surface area (TPSA) is 94.5 Å². The van der Waals surface area contributed by atoms with Gasteiger partial charge in [0.2, 0.25) is 5.79 Å². The zero-order valence-corrected chi connectivity index (χ0v) is 19.8. The number of aliphatic hydroxyl groups is 2. The lowest BCUT2D eigenvalue weighted by Crippen LogP contribution is -2.67. The van der Waals surface area contributed by atoms with Gasteiger partial charge in [-0.25, -0.2) is 0 Å². The summed E-state index contributed by atoms with van der Waals surface area (Å²) in [7, 11) is 0. The molecule has 9 unspecified atom stereocenters. The van der Waals surface area contributed by atoms with Crippen LogP contribution in [0.25, 0.3) is 0 Å². The van der Waals surface area contributed by atoms with Crippen LogP contribution in [0.2, 0.25) is 0 Å². The maximum absolute atomic E-state index is 12.5. The summed E-state index contributed by atoms with van der Waals surface area (Å²) in [5, 5.41) is 21.5. The Balaban J connectivity index is 1.49. The largest absolute Gasteiger partial charge is 0.515 e. The molecule has 6 aliphatic rings. The maximum atomic E-state index is 12.5. The summed E-state index contributed by atoms with van der Waals surface area (Å²) in [5.74, 6) is -0.640. The second-order valence-corrected chi connectivity index (χ2v) is 11.6. The Morgan fingerprint density at radius 1 is 1.18 bits per heavy atom. The highest BCUT2D eigenvalue weighted by molar-refractivity contribution is 6.06.